The normalized spacial score (nSPS) is 10.7. The molecule has 2 rings (SSSR count). The lowest BCUT2D eigenvalue weighted by Gasteiger charge is -2.19. The average Bonchev–Trinajstić information content (AvgIpc) is 2.75. The van der Waals surface area contributed by atoms with Gasteiger partial charge in [0.15, 0.2) is 11.5 Å². The molecule has 0 unspecified atom stereocenters. The number of carbonyl (C=O) groups excluding carboxylic acids is 1. The molecule has 0 aliphatic carbocycles. The van der Waals surface area contributed by atoms with Crippen LogP contribution in [0.15, 0.2) is 42.5 Å². The van der Waals surface area contributed by atoms with E-state index in [0.717, 1.165) is 26.1 Å². The smallest absolute Gasteiger partial charge is 0.255 e. The van der Waals surface area contributed by atoms with Gasteiger partial charge in [-0.05, 0) is 49.8 Å². The lowest BCUT2D eigenvalue weighted by atomic mass is 10.2. The number of nitrogens with zero attached hydrogens (tertiary/aromatic N) is 1. The maximum Gasteiger partial charge on any atom is 0.255 e. The number of hydrogen-bond donors (Lipinski definition) is 1. The Kier molecular flexibility index (Phi) is 9.31. The van der Waals surface area contributed by atoms with E-state index in [1.807, 2.05) is 19.1 Å². The van der Waals surface area contributed by atoms with Crippen molar-refractivity contribution in [1.29, 1.82) is 0 Å². The van der Waals surface area contributed by atoms with Crippen molar-refractivity contribution < 1.29 is 19.0 Å². The van der Waals surface area contributed by atoms with Crippen molar-refractivity contribution in [1.82, 2.24) is 4.90 Å². The predicted octanol–water partition coefficient (Wildman–Crippen LogP) is 4.46. The van der Waals surface area contributed by atoms with Crippen molar-refractivity contribution in [2.75, 3.05) is 45.3 Å². The molecule has 0 radical (unpaired) electrons. The van der Waals surface area contributed by atoms with Gasteiger partial charge in [0.05, 0.1) is 13.7 Å². The van der Waals surface area contributed by atoms with Crippen molar-refractivity contribution in [2.45, 2.75) is 27.2 Å². The molecule has 0 saturated heterocycles. The quantitative estimate of drug-likeness (QED) is 0.570. The monoisotopic (exact) mass is 400 g/mol. The summed E-state index contributed by atoms with van der Waals surface area (Å²) in [4.78, 5) is 14.9. The number of amides is 1. The molecule has 0 atom stereocenters. The van der Waals surface area contributed by atoms with Crippen molar-refractivity contribution in [3.8, 4) is 17.2 Å². The molecule has 0 fully saturated rings. The molecule has 158 valence electrons. The van der Waals surface area contributed by atoms with Gasteiger partial charge in [0.1, 0.15) is 12.4 Å². The second-order valence-corrected chi connectivity index (χ2v) is 6.57. The van der Waals surface area contributed by atoms with Gasteiger partial charge in [0, 0.05) is 23.9 Å². The number of likely N-dealkylation sites (N-methyl/N-ethyl adjacent to an activating group) is 1. The highest BCUT2D eigenvalue weighted by atomic mass is 16.5. The third-order valence-electron chi connectivity index (χ3n) is 4.55. The fraction of sp³-hybridized carbons (Fsp3) is 0.435. The maximum absolute atomic E-state index is 12.6. The van der Waals surface area contributed by atoms with Crippen molar-refractivity contribution >= 4 is 11.6 Å². The highest BCUT2D eigenvalue weighted by molar-refractivity contribution is 6.04. The zero-order valence-corrected chi connectivity index (χ0v) is 17.9. The van der Waals surface area contributed by atoms with E-state index >= 15 is 0 Å². The summed E-state index contributed by atoms with van der Waals surface area (Å²) in [6, 6.07) is 12.6. The summed E-state index contributed by atoms with van der Waals surface area (Å²) in [5.41, 5.74) is 1.19. The number of nitrogens with one attached hydrogen (secondary N) is 1. The third kappa shape index (κ3) is 6.98. The summed E-state index contributed by atoms with van der Waals surface area (Å²) in [7, 11) is 1.60. The van der Waals surface area contributed by atoms with Crippen LogP contribution in [0.1, 0.15) is 37.6 Å². The molecule has 1 amide bonds. The number of rotatable bonds is 12. The molecule has 1 N–H and O–H groups in total. The van der Waals surface area contributed by atoms with Crippen molar-refractivity contribution in [3.63, 3.8) is 0 Å². The summed E-state index contributed by atoms with van der Waals surface area (Å²) in [6.07, 6.45) is 0.916. The summed E-state index contributed by atoms with van der Waals surface area (Å²) >= 11 is 0. The first-order valence-corrected chi connectivity index (χ1v) is 10.2. The lowest BCUT2D eigenvalue weighted by Crippen LogP contribution is -2.28. The van der Waals surface area contributed by atoms with Crippen LogP contribution >= 0.6 is 0 Å². The third-order valence-corrected chi connectivity index (χ3v) is 4.55. The van der Waals surface area contributed by atoms with Gasteiger partial charge in [-0.15, -0.1) is 0 Å². The first-order valence-electron chi connectivity index (χ1n) is 10.2. The summed E-state index contributed by atoms with van der Waals surface area (Å²) < 4.78 is 16.9. The summed E-state index contributed by atoms with van der Waals surface area (Å²) in [5, 5.41) is 2.91. The molecule has 0 spiro atoms. The number of anilines is 1. The van der Waals surface area contributed by atoms with E-state index in [-0.39, 0.29) is 5.91 Å². The van der Waals surface area contributed by atoms with E-state index in [1.165, 1.54) is 0 Å². The number of hydrogen-bond acceptors (Lipinski definition) is 5. The Morgan fingerprint density at radius 2 is 1.76 bits per heavy atom. The first kappa shape index (κ1) is 22.6. The minimum absolute atomic E-state index is 0.203. The van der Waals surface area contributed by atoms with E-state index in [1.54, 1.807) is 37.4 Å². The standard InChI is InChI=1S/C23H32N2O4/c1-5-14-28-20-10-8-9-18(16-20)23(26)24-19-11-12-21(27-4)22(17-19)29-15-13-25(6-2)7-3/h8-12,16-17H,5-7,13-15H2,1-4H3,(H,24,26). The van der Waals surface area contributed by atoms with Crippen LogP contribution in [0.2, 0.25) is 0 Å². The largest absolute Gasteiger partial charge is 0.494 e. The zero-order chi connectivity index (χ0) is 21.1. The van der Waals surface area contributed by atoms with Gasteiger partial charge >= 0.3 is 0 Å². The van der Waals surface area contributed by atoms with Crippen molar-refractivity contribution in [3.05, 3.63) is 48.0 Å². The van der Waals surface area contributed by atoms with Crippen LogP contribution in [0.25, 0.3) is 0 Å². The van der Waals surface area contributed by atoms with Crippen LogP contribution in [0, 0.1) is 0 Å². The molecule has 0 bridgehead atoms. The fourth-order valence-corrected chi connectivity index (χ4v) is 2.84. The molecular weight excluding hydrogens is 368 g/mol. The number of benzene rings is 2. The van der Waals surface area contributed by atoms with Gasteiger partial charge in [-0.2, -0.15) is 0 Å². The SMILES string of the molecule is CCCOc1cccc(C(=O)Nc2ccc(OC)c(OCCN(CC)CC)c2)c1. The van der Waals surface area contributed by atoms with E-state index in [2.05, 4.69) is 24.1 Å². The Morgan fingerprint density at radius 3 is 2.45 bits per heavy atom. The molecule has 2 aromatic carbocycles. The minimum Gasteiger partial charge on any atom is -0.494 e. The average molecular weight is 401 g/mol. The predicted molar refractivity (Wildman–Crippen MR) is 116 cm³/mol. The van der Waals surface area contributed by atoms with Gasteiger partial charge in [-0.1, -0.05) is 26.8 Å². The fourth-order valence-electron chi connectivity index (χ4n) is 2.84. The minimum atomic E-state index is -0.203. The van der Waals surface area contributed by atoms with Gasteiger partial charge in [0.2, 0.25) is 0 Å². The Labute approximate surface area is 173 Å². The van der Waals surface area contributed by atoms with Gasteiger partial charge < -0.3 is 24.4 Å². The molecule has 0 aliphatic heterocycles. The summed E-state index contributed by atoms with van der Waals surface area (Å²) in [5.74, 6) is 1.73. The molecule has 6 heteroatoms. The molecule has 2 aromatic rings. The zero-order valence-electron chi connectivity index (χ0n) is 17.9. The van der Waals surface area contributed by atoms with Crippen LogP contribution in [0.3, 0.4) is 0 Å². The van der Waals surface area contributed by atoms with Crippen molar-refractivity contribution in [2.24, 2.45) is 0 Å². The molecule has 0 aliphatic rings. The Bertz CT molecular complexity index is 775. The highest BCUT2D eigenvalue weighted by Gasteiger charge is 2.11. The van der Waals surface area contributed by atoms with Gasteiger partial charge in [-0.25, -0.2) is 0 Å². The van der Waals surface area contributed by atoms with Crippen LogP contribution < -0.4 is 19.5 Å². The molecular formula is C23H32N2O4. The topological polar surface area (TPSA) is 60.0 Å². The van der Waals surface area contributed by atoms with Gasteiger partial charge in [-0.3, -0.25) is 4.79 Å². The Hall–Kier alpha value is -2.73. The molecule has 6 nitrogen and oxygen atoms in total. The van der Waals surface area contributed by atoms with E-state index in [0.29, 0.717) is 41.7 Å². The molecule has 0 saturated carbocycles. The first-order chi connectivity index (χ1) is 14.1. The second-order valence-electron chi connectivity index (χ2n) is 6.57. The Morgan fingerprint density at radius 1 is 0.966 bits per heavy atom. The second kappa shape index (κ2) is 12.0. The van der Waals surface area contributed by atoms with E-state index in [4.69, 9.17) is 14.2 Å². The number of ether oxygens (including phenoxy) is 3. The lowest BCUT2D eigenvalue weighted by molar-refractivity contribution is 0.102. The van der Waals surface area contributed by atoms with Gasteiger partial charge in [0.25, 0.3) is 5.91 Å². The van der Waals surface area contributed by atoms with E-state index < -0.39 is 0 Å². The van der Waals surface area contributed by atoms with Crippen LogP contribution in [-0.2, 0) is 0 Å². The Balaban J connectivity index is 2.05. The van der Waals surface area contributed by atoms with E-state index in [9.17, 15) is 4.79 Å². The van der Waals surface area contributed by atoms with Crippen LogP contribution in [0.4, 0.5) is 5.69 Å². The molecule has 0 heterocycles. The molecule has 29 heavy (non-hydrogen) atoms. The van der Waals surface area contributed by atoms with Crippen LogP contribution in [0.5, 0.6) is 17.2 Å². The number of methoxy groups -OCH3 is 1. The molecule has 0 aromatic heterocycles. The summed E-state index contributed by atoms with van der Waals surface area (Å²) in [6.45, 7) is 10.3. The van der Waals surface area contributed by atoms with Crippen LogP contribution in [-0.4, -0.2) is 50.8 Å². The highest BCUT2D eigenvalue weighted by Crippen LogP contribution is 2.30. The maximum atomic E-state index is 12.6. The number of carbonyl (C=O) groups is 1.